The van der Waals surface area contributed by atoms with E-state index >= 15 is 0 Å². The lowest BCUT2D eigenvalue weighted by Gasteiger charge is -2.07. The summed E-state index contributed by atoms with van der Waals surface area (Å²) in [6.07, 6.45) is 0. The molecule has 0 spiro atoms. The normalized spacial score (nSPS) is 11.5. The van der Waals surface area contributed by atoms with Crippen molar-refractivity contribution in [2.24, 2.45) is 0 Å². The Morgan fingerprint density at radius 2 is 2.00 bits per heavy atom. The minimum absolute atomic E-state index is 0.0182. The summed E-state index contributed by atoms with van der Waals surface area (Å²) < 4.78 is 52.4. The second-order valence-corrected chi connectivity index (χ2v) is 5.87. The number of nitrogens with zero attached hydrogens (tertiary/aromatic N) is 2. The van der Waals surface area contributed by atoms with Crippen molar-refractivity contribution in [3.63, 3.8) is 0 Å². The minimum Gasteiger partial charge on any atom is -0.253 e. The number of nitrogens with one attached hydrogen (secondary N) is 1. The van der Waals surface area contributed by atoms with Crippen molar-refractivity contribution in [2.75, 3.05) is 4.72 Å². The number of aromatic nitrogens is 2. The van der Waals surface area contributed by atoms with Crippen molar-refractivity contribution in [1.29, 1.82) is 0 Å². The first kappa shape index (κ1) is 12.8. The van der Waals surface area contributed by atoms with E-state index < -0.39 is 26.6 Å². The van der Waals surface area contributed by atoms with Gasteiger partial charge >= 0.3 is 0 Å². The molecule has 96 valence electrons. The van der Waals surface area contributed by atoms with E-state index in [1.807, 2.05) is 4.72 Å². The molecule has 2 aromatic rings. The first-order valence-corrected chi connectivity index (χ1v) is 7.01. The van der Waals surface area contributed by atoms with Crippen molar-refractivity contribution < 1.29 is 17.2 Å². The molecule has 1 N–H and O–H groups in total. The predicted molar refractivity (Wildman–Crippen MR) is 61.8 cm³/mol. The molecule has 0 bridgehead atoms. The Bertz CT molecular complexity index is 671. The summed E-state index contributed by atoms with van der Waals surface area (Å²) in [5.41, 5.74) is 1.34. The molecule has 9 heteroatoms. The van der Waals surface area contributed by atoms with E-state index in [4.69, 9.17) is 0 Å². The van der Waals surface area contributed by atoms with Crippen molar-refractivity contribution >= 4 is 26.5 Å². The zero-order valence-corrected chi connectivity index (χ0v) is 10.6. The minimum atomic E-state index is -4.21. The molecule has 1 heterocycles. The number of aryl methyl sites for hydroxylation is 1. The van der Waals surface area contributed by atoms with Crippen molar-refractivity contribution in [1.82, 2.24) is 10.2 Å². The monoisotopic (exact) mass is 291 g/mol. The lowest BCUT2D eigenvalue weighted by atomic mass is 10.2. The summed E-state index contributed by atoms with van der Waals surface area (Å²) in [7, 11) is -4.21. The van der Waals surface area contributed by atoms with Gasteiger partial charge in [-0.15, -0.1) is 10.2 Å². The number of benzene rings is 1. The fourth-order valence-electron chi connectivity index (χ4n) is 1.22. The van der Waals surface area contributed by atoms with Crippen LogP contribution in [0.3, 0.4) is 0 Å². The van der Waals surface area contributed by atoms with Gasteiger partial charge in [0.05, 0.1) is 0 Å². The predicted octanol–water partition coefficient (Wildman–Crippen LogP) is 1.93. The molecule has 2 rings (SSSR count). The van der Waals surface area contributed by atoms with Crippen LogP contribution in [0, 0.1) is 18.6 Å². The quantitative estimate of drug-likeness (QED) is 0.938. The molecule has 0 saturated heterocycles. The molecular formula is C9H7F2N3O2S2. The van der Waals surface area contributed by atoms with Crippen LogP contribution in [0.15, 0.2) is 22.5 Å². The third-order valence-electron chi connectivity index (χ3n) is 2.08. The van der Waals surface area contributed by atoms with Crippen molar-refractivity contribution in [2.45, 2.75) is 11.8 Å². The van der Waals surface area contributed by atoms with Gasteiger partial charge in [0.25, 0.3) is 10.0 Å². The summed E-state index contributed by atoms with van der Waals surface area (Å²) in [5.74, 6) is -1.82. The molecule has 0 amide bonds. The molecule has 1 aromatic carbocycles. The number of rotatable bonds is 3. The summed E-state index contributed by atoms with van der Waals surface area (Å²) in [4.78, 5) is -0.763. The molecule has 1 aromatic heterocycles. The molecule has 0 unspecified atom stereocenters. The average molecular weight is 291 g/mol. The highest BCUT2D eigenvalue weighted by molar-refractivity contribution is 7.93. The van der Waals surface area contributed by atoms with Crippen LogP contribution in [0.4, 0.5) is 13.9 Å². The lowest BCUT2D eigenvalue weighted by Crippen LogP contribution is -2.15. The second kappa shape index (κ2) is 4.58. The molecule has 5 nitrogen and oxygen atoms in total. The fraction of sp³-hybridized carbons (Fsp3) is 0.111. The van der Waals surface area contributed by atoms with E-state index in [0.29, 0.717) is 6.07 Å². The van der Waals surface area contributed by atoms with Crippen molar-refractivity contribution in [3.8, 4) is 0 Å². The maximum absolute atomic E-state index is 13.5. The van der Waals surface area contributed by atoms with E-state index in [0.717, 1.165) is 17.4 Å². The summed E-state index contributed by atoms with van der Waals surface area (Å²) >= 11 is 0.929. The van der Waals surface area contributed by atoms with Crippen LogP contribution >= 0.6 is 11.3 Å². The van der Waals surface area contributed by atoms with Crippen LogP contribution in [0.25, 0.3) is 0 Å². The first-order chi connectivity index (χ1) is 8.40. The zero-order chi connectivity index (χ0) is 13.3. The average Bonchev–Trinajstić information content (AvgIpc) is 2.75. The Labute approximate surface area is 106 Å². The summed E-state index contributed by atoms with van der Waals surface area (Å²) in [6.45, 7) is 1.34. The van der Waals surface area contributed by atoms with Gasteiger partial charge in [-0.1, -0.05) is 11.3 Å². The number of anilines is 1. The summed E-state index contributed by atoms with van der Waals surface area (Å²) in [5, 5.41) is 6.87. The van der Waals surface area contributed by atoms with E-state index in [-0.39, 0.29) is 10.7 Å². The van der Waals surface area contributed by atoms with E-state index in [9.17, 15) is 17.2 Å². The number of sulfonamides is 1. The van der Waals surface area contributed by atoms with Crippen LogP contribution in [0.2, 0.25) is 0 Å². The van der Waals surface area contributed by atoms with E-state index in [2.05, 4.69) is 10.2 Å². The van der Waals surface area contributed by atoms with E-state index in [1.165, 1.54) is 12.4 Å². The van der Waals surface area contributed by atoms with Crippen LogP contribution in [-0.2, 0) is 10.0 Å². The lowest BCUT2D eigenvalue weighted by molar-refractivity contribution is 0.551. The molecule has 0 aliphatic carbocycles. The molecule has 0 saturated carbocycles. The SMILES string of the molecule is Cc1cc(F)c(S(=O)(=O)Nc2nncs2)cc1F. The molecule has 0 fully saturated rings. The van der Waals surface area contributed by atoms with Crippen molar-refractivity contribution in [3.05, 3.63) is 34.8 Å². The maximum atomic E-state index is 13.5. The van der Waals surface area contributed by atoms with Gasteiger partial charge in [0.1, 0.15) is 22.0 Å². The summed E-state index contributed by atoms with van der Waals surface area (Å²) in [6, 6.07) is 1.46. The van der Waals surface area contributed by atoms with Gasteiger partial charge in [-0.05, 0) is 24.6 Å². The van der Waals surface area contributed by atoms with Gasteiger partial charge in [-0.2, -0.15) is 0 Å². The van der Waals surface area contributed by atoms with Crippen LogP contribution in [-0.4, -0.2) is 18.6 Å². The molecule has 0 radical (unpaired) electrons. The van der Waals surface area contributed by atoms with Crippen LogP contribution in [0.1, 0.15) is 5.56 Å². The zero-order valence-electron chi connectivity index (χ0n) is 9.02. The highest BCUT2D eigenvalue weighted by atomic mass is 32.2. The molecule has 0 aliphatic rings. The molecule has 0 atom stereocenters. The smallest absolute Gasteiger partial charge is 0.253 e. The number of hydrogen-bond donors (Lipinski definition) is 1. The molecule has 18 heavy (non-hydrogen) atoms. The Morgan fingerprint density at radius 1 is 1.28 bits per heavy atom. The third kappa shape index (κ3) is 2.46. The molecular weight excluding hydrogens is 284 g/mol. The van der Waals surface area contributed by atoms with Gasteiger partial charge in [0.15, 0.2) is 0 Å². The first-order valence-electron chi connectivity index (χ1n) is 4.65. The van der Waals surface area contributed by atoms with Crippen LogP contribution in [0.5, 0.6) is 0 Å². The maximum Gasteiger partial charge on any atom is 0.266 e. The molecule has 0 aliphatic heterocycles. The van der Waals surface area contributed by atoms with Gasteiger partial charge in [0.2, 0.25) is 5.13 Å². The van der Waals surface area contributed by atoms with Gasteiger partial charge in [-0.3, -0.25) is 4.72 Å². The highest BCUT2D eigenvalue weighted by Crippen LogP contribution is 2.22. The topological polar surface area (TPSA) is 72.0 Å². The number of halogens is 2. The van der Waals surface area contributed by atoms with Crippen LogP contribution < -0.4 is 4.72 Å². The Morgan fingerprint density at radius 3 is 2.61 bits per heavy atom. The van der Waals surface area contributed by atoms with Gasteiger partial charge < -0.3 is 0 Å². The third-order valence-corrected chi connectivity index (χ3v) is 4.17. The highest BCUT2D eigenvalue weighted by Gasteiger charge is 2.22. The Balaban J connectivity index is 2.44. The van der Waals surface area contributed by atoms with Gasteiger partial charge in [0, 0.05) is 0 Å². The Kier molecular flexibility index (Phi) is 3.26. The standard InChI is InChI=1S/C9H7F2N3O2S2/c1-5-2-7(11)8(3-6(5)10)18(15,16)14-9-13-12-4-17-9/h2-4H,1H3,(H,13,14). The van der Waals surface area contributed by atoms with Gasteiger partial charge in [-0.25, -0.2) is 17.2 Å². The number of hydrogen-bond acceptors (Lipinski definition) is 5. The largest absolute Gasteiger partial charge is 0.266 e. The fourth-order valence-corrected chi connectivity index (χ4v) is 2.99. The second-order valence-electron chi connectivity index (χ2n) is 3.38. The van der Waals surface area contributed by atoms with E-state index in [1.54, 1.807) is 0 Å². The Hall–Kier alpha value is -1.61.